The van der Waals surface area contributed by atoms with Gasteiger partial charge in [-0.25, -0.2) is 0 Å². The fraction of sp³-hybridized carbons (Fsp3) is 0.667. The molecular formula is C18H27Br3O3. The van der Waals surface area contributed by atoms with Crippen LogP contribution in [-0.2, 0) is 0 Å². The van der Waals surface area contributed by atoms with E-state index in [1.807, 2.05) is 18.2 Å². The van der Waals surface area contributed by atoms with Crippen molar-refractivity contribution in [1.29, 1.82) is 0 Å². The highest BCUT2D eigenvalue weighted by Gasteiger charge is 2.18. The molecule has 1 aromatic rings. The normalized spacial score (nSPS) is 12.9. The molecule has 1 aromatic carbocycles. The first kappa shape index (κ1) is 22.1. The van der Waals surface area contributed by atoms with Gasteiger partial charge in [-0.1, -0.05) is 47.8 Å². The third-order valence-electron chi connectivity index (χ3n) is 2.60. The maximum Gasteiger partial charge on any atom is 0.126 e. The first-order chi connectivity index (χ1) is 10.7. The Labute approximate surface area is 171 Å². The van der Waals surface area contributed by atoms with Crippen LogP contribution in [0.15, 0.2) is 18.2 Å². The summed E-state index contributed by atoms with van der Waals surface area (Å²) in [5.74, 6) is 2.19. The van der Waals surface area contributed by atoms with Crippen molar-refractivity contribution >= 4 is 47.8 Å². The van der Waals surface area contributed by atoms with Crippen molar-refractivity contribution in [3.63, 3.8) is 0 Å². The van der Waals surface area contributed by atoms with E-state index in [-0.39, 0.29) is 13.0 Å². The van der Waals surface area contributed by atoms with E-state index in [4.69, 9.17) is 14.2 Å². The smallest absolute Gasteiger partial charge is 0.126 e. The van der Waals surface area contributed by atoms with Crippen LogP contribution in [0.25, 0.3) is 0 Å². The van der Waals surface area contributed by atoms with E-state index in [1.165, 1.54) is 0 Å². The molecule has 24 heavy (non-hydrogen) atoms. The van der Waals surface area contributed by atoms with Crippen LogP contribution in [0, 0.1) is 0 Å². The molecule has 0 aliphatic carbocycles. The van der Waals surface area contributed by atoms with Crippen LogP contribution in [0.1, 0.15) is 41.5 Å². The van der Waals surface area contributed by atoms with Crippen LogP contribution < -0.4 is 14.2 Å². The molecule has 0 unspecified atom stereocenters. The molecule has 0 spiro atoms. The predicted molar refractivity (Wildman–Crippen MR) is 112 cm³/mol. The number of ether oxygens (including phenoxy) is 3. The lowest BCUT2D eigenvalue weighted by Gasteiger charge is -2.21. The molecule has 138 valence electrons. The molecule has 0 N–H and O–H groups in total. The summed E-state index contributed by atoms with van der Waals surface area (Å²) < 4.78 is 17.4. The minimum Gasteiger partial charge on any atom is -0.492 e. The zero-order valence-corrected chi connectivity index (χ0v) is 20.0. The fourth-order valence-corrected chi connectivity index (χ4v) is 1.90. The van der Waals surface area contributed by atoms with E-state index in [9.17, 15) is 0 Å². The molecule has 0 heterocycles. The summed E-state index contributed by atoms with van der Waals surface area (Å²) in [6.07, 6.45) is 0. The largest absolute Gasteiger partial charge is 0.492 e. The van der Waals surface area contributed by atoms with Gasteiger partial charge in [0.15, 0.2) is 0 Å². The summed E-state index contributed by atoms with van der Waals surface area (Å²) in [7, 11) is 0. The van der Waals surface area contributed by atoms with Crippen LogP contribution in [0.3, 0.4) is 0 Å². The molecule has 0 atom stereocenters. The van der Waals surface area contributed by atoms with Gasteiger partial charge in [0.05, 0.1) is 13.0 Å². The fourth-order valence-electron chi connectivity index (χ4n) is 1.56. The summed E-state index contributed by atoms with van der Waals surface area (Å²) in [6.45, 7) is 14.0. The summed E-state index contributed by atoms with van der Waals surface area (Å²) in [5, 5.41) is 0. The molecule has 0 saturated carbocycles. The molecule has 0 fully saturated rings. The molecule has 0 bridgehead atoms. The van der Waals surface area contributed by atoms with Crippen molar-refractivity contribution < 1.29 is 14.2 Å². The molecule has 0 aromatic heterocycles. The molecule has 0 amide bonds. The Morgan fingerprint density at radius 1 is 0.583 bits per heavy atom. The predicted octanol–water partition coefficient (Wildman–Crippen LogP) is 6.34. The van der Waals surface area contributed by atoms with Gasteiger partial charge in [0.1, 0.15) is 37.1 Å². The first-order valence-electron chi connectivity index (χ1n) is 7.84. The van der Waals surface area contributed by atoms with Crippen molar-refractivity contribution in [2.75, 3.05) is 19.8 Å². The van der Waals surface area contributed by atoms with Crippen LogP contribution in [0.5, 0.6) is 17.2 Å². The Bertz CT molecular complexity index is 437. The van der Waals surface area contributed by atoms with Gasteiger partial charge in [-0.05, 0) is 41.5 Å². The zero-order chi connectivity index (χ0) is 18.6. The Balaban J connectivity index is 2.91. The van der Waals surface area contributed by atoms with Crippen molar-refractivity contribution in [1.82, 2.24) is 0 Å². The second kappa shape index (κ2) is 8.63. The average molecular weight is 531 g/mol. The third-order valence-corrected chi connectivity index (χ3v) is 3.29. The van der Waals surface area contributed by atoms with E-state index in [2.05, 4.69) is 89.3 Å². The Morgan fingerprint density at radius 2 is 0.792 bits per heavy atom. The topological polar surface area (TPSA) is 27.7 Å². The number of benzene rings is 1. The number of hydrogen-bond acceptors (Lipinski definition) is 3. The van der Waals surface area contributed by atoms with E-state index < -0.39 is 0 Å². The highest BCUT2D eigenvalue weighted by molar-refractivity contribution is 9.10. The summed E-state index contributed by atoms with van der Waals surface area (Å²) >= 11 is 10.8. The standard InChI is InChI=1S/C18H27Br3O3/c1-16(2,19)10-22-13-7-14(23-11-17(3,4)20)9-15(8-13)24-12-18(5,6)21/h7-9H,10-12H2,1-6H3. The summed E-state index contributed by atoms with van der Waals surface area (Å²) in [4.78, 5) is 0. The number of rotatable bonds is 9. The van der Waals surface area contributed by atoms with Crippen LogP contribution >= 0.6 is 47.8 Å². The minimum absolute atomic E-state index is 0.0966. The molecule has 1 rings (SSSR count). The van der Waals surface area contributed by atoms with Gasteiger partial charge in [0.25, 0.3) is 0 Å². The van der Waals surface area contributed by atoms with Crippen molar-refractivity contribution in [2.45, 2.75) is 54.5 Å². The van der Waals surface area contributed by atoms with Crippen molar-refractivity contribution in [3.8, 4) is 17.2 Å². The van der Waals surface area contributed by atoms with Crippen molar-refractivity contribution in [2.24, 2.45) is 0 Å². The van der Waals surface area contributed by atoms with Gasteiger partial charge in [-0.2, -0.15) is 0 Å². The molecule has 0 aliphatic heterocycles. The monoisotopic (exact) mass is 528 g/mol. The molecule has 0 radical (unpaired) electrons. The van der Waals surface area contributed by atoms with E-state index in [0.29, 0.717) is 19.8 Å². The van der Waals surface area contributed by atoms with Gasteiger partial charge in [-0.3, -0.25) is 0 Å². The first-order valence-corrected chi connectivity index (χ1v) is 10.2. The zero-order valence-electron chi connectivity index (χ0n) is 15.2. The van der Waals surface area contributed by atoms with Gasteiger partial charge in [0, 0.05) is 18.2 Å². The second-order valence-electron chi connectivity index (χ2n) is 7.66. The van der Waals surface area contributed by atoms with E-state index in [0.717, 1.165) is 17.2 Å². The number of halogens is 3. The summed E-state index contributed by atoms with van der Waals surface area (Å²) in [6, 6.07) is 5.68. The van der Waals surface area contributed by atoms with Gasteiger partial charge < -0.3 is 14.2 Å². The molecule has 0 saturated heterocycles. The number of alkyl halides is 3. The molecule has 6 heteroatoms. The second-order valence-corrected chi connectivity index (χ2v) is 14.1. The van der Waals surface area contributed by atoms with E-state index >= 15 is 0 Å². The highest BCUT2D eigenvalue weighted by Crippen LogP contribution is 2.31. The van der Waals surface area contributed by atoms with Gasteiger partial charge >= 0.3 is 0 Å². The SMILES string of the molecule is CC(C)(Br)COc1cc(OCC(C)(C)Br)cc(OCC(C)(C)Br)c1. The Morgan fingerprint density at radius 3 is 0.958 bits per heavy atom. The van der Waals surface area contributed by atoms with E-state index in [1.54, 1.807) is 0 Å². The lowest BCUT2D eigenvalue weighted by molar-refractivity contribution is 0.263. The van der Waals surface area contributed by atoms with Crippen molar-refractivity contribution in [3.05, 3.63) is 18.2 Å². The minimum atomic E-state index is -0.0966. The maximum atomic E-state index is 5.89. The maximum absolute atomic E-state index is 5.89. The van der Waals surface area contributed by atoms with Gasteiger partial charge in [-0.15, -0.1) is 0 Å². The average Bonchev–Trinajstić information content (AvgIpc) is 2.38. The summed E-state index contributed by atoms with van der Waals surface area (Å²) in [5.41, 5.74) is 0. The third kappa shape index (κ3) is 10.8. The molecule has 3 nitrogen and oxygen atoms in total. The lowest BCUT2D eigenvalue weighted by Crippen LogP contribution is -2.22. The van der Waals surface area contributed by atoms with Gasteiger partial charge in [0.2, 0.25) is 0 Å². The quantitative estimate of drug-likeness (QED) is 0.348. The molecular weight excluding hydrogens is 504 g/mol. The highest BCUT2D eigenvalue weighted by atomic mass is 79.9. The van der Waals surface area contributed by atoms with Crippen LogP contribution in [0.4, 0.5) is 0 Å². The Kier molecular flexibility index (Phi) is 7.95. The molecule has 0 aliphatic rings. The number of hydrogen-bond donors (Lipinski definition) is 0. The van der Waals surface area contributed by atoms with Crippen LogP contribution in [-0.4, -0.2) is 32.8 Å². The lowest BCUT2D eigenvalue weighted by atomic mass is 10.2. The van der Waals surface area contributed by atoms with Crippen LogP contribution in [0.2, 0.25) is 0 Å². The Hall–Kier alpha value is 0.0600.